The Labute approximate surface area is 105 Å². The highest BCUT2D eigenvalue weighted by Gasteiger charge is 2.05. The highest BCUT2D eigenvalue weighted by atomic mass is 15.3. The summed E-state index contributed by atoms with van der Waals surface area (Å²) in [6.45, 7) is 2.72. The Balaban J connectivity index is 2.10. The van der Waals surface area contributed by atoms with Gasteiger partial charge < -0.3 is 5.73 Å². The molecule has 0 aliphatic carbocycles. The van der Waals surface area contributed by atoms with Gasteiger partial charge in [-0.2, -0.15) is 5.10 Å². The first kappa shape index (κ1) is 10.8. The van der Waals surface area contributed by atoms with Crippen molar-refractivity contribution in [2.24, 2.45) is 0 Å². The van der Waals surface area contributed by atoms with Gasteiger partial charge >= 0.3 is 0 Å². The van der Waals surface area contributed by atoms with E-state index in [4.69, 9.17) is 5.73 Å². The van der Waals surface area contributed by atoms with Crippen LogP contribution in [0.25, 0.3) is 10.9 Å². The lowest BCUT2D eigenvalue weighted by molar-refractivity contribution is 0.692. The normalized spacial score (nSPS) is 10.9. The molecule has 3 aromatic rings. The lowest BCUT2D eigenvalue weighted by Crippen LogP contribution is -2.03. The van der Waals surface area contributed by atoms with Gasteiger partial charge in [0.1, 0.15) is 5.82 Å². The molecule has 1 aromatic carbocycles. The molecule has 0 spiro atoms. The van der Waals surface area contributed by atoms with Crippen LogP contribution in [0.4, 0.5) is 5.82 Å². The van der Waals surface area contributed by atoms with E-state index in [1.807, 2.05) is 36.0 Å². The summed E-state index contributed by atoms with van der Waals surface area (Å²) in [4.78, 5) is 4.53. The molecule has 90 valence electrons. The Bertz CT molecular complexity index is 700. The Morgan fingerprint density at radius 2 is 2.06 bits per heavy atom. The number of pyridine rings is 1. The van der Waals surface area contributed by atoms with Crippen LogP contribution in [0.15, 0.2) is 42.6 Å². The zero-order chi connectivity index (χ0) is 12.5. The monoisotopic (exact) mass is 238 g/mol. The van der Waals surface area contributed by atoms with Crippen LogP contribution in [-0.2, 0) is 6.54 Å². The van der Waals surface area contributed by atoms with E-state index < -0.39 is 0 Å². The zero-order valence-corrected chi connectivity index (χ0v) is 10.2. The number of benzene rings is 1. The van der Waals surface area contributed by atoms with E-state index in [0.29, 0.717) is 12.4 Å². The summed E-state index contributed by atoms with van der Waals surface area (Å²) in [5.74, 6) is 0.546. The molecule has 4 heteroatoms. The fraction of sp³-hybridized carbons (Fsp3) is 0.143. The number of nitrogens with zero attached hydrogens (tertiary/aromatic N) is 3. The Morgan fingerprint density at radius 3 is 2.83 bits per heavy atom. The van der Waals surface area contributed by atoms with Gasteiger partial charge in [-0.05, 0) is 30.7 Å². The third kappa shape index (κ3) is 1.93. The van der Waals surface area contributed by atoms with Crippen molar-refractivity contribution in [1.29, 1.82) is 0 Å². The summed E-state index contributed by atoms with van der Waals surface area (Å²) in [5, 5.41) is 5.38. The number of nitrogen functional groups attached to an aromatic ring is 1. The Morgan fingerprint density at radius 1 is 1.22 bits per heavy atom. The molecule has 0 fully saturated rings. The van der Waals surface area contributed by atoms with Gasteiger partial charge in [0.25, 0.3) is 0 Å². The van der Waals surface area contributed by atoms with Gasteiger partial charge in [0, 0.05) is 17.3 Å². The molecule has 2 N–H and O–H groups in total. The lowest BCUT2D eigenvalue weighted by atomic mass is 10.1. The largest absolute Gasteiger partial charge is 0.382 e. The molecule has 0 aliphatic heterocycles. The number of hydrogen-bond donors (Lipinski definition) is 1. The molecular weight excluding hydrogens is 224 g/mol. The molecule has 2 heterocycles. The van der Waals surface area contributed by atoms with Crippen LogP contribution in [-0.4, -0.2) is 14.8 Å². The first-order valence-corrected chi connectivity index (χ1v) is 5.86. The average Bonchev–Trinajstić information content (AvgIpc) is 2.74. The molecule has 3 rings (SSSR count). The number of hydrogen-bond acceptors (Lipinski definition) is 3. The van der Waals surface area contributed by atoms with E-state index in [1.54, 1.807) is 6.07 Å². The zero-order valence-electron chi connectivity index (χ0n) is 10.2. The number of anilines is 1. The molecule has 2 aromatic heterocycles. The summed E-state index contributed by atoms with van der Waals surface area (Å²) in [6.07, 6.45) is 1.89. The fourth-order valence-corrected chi connectivity index (χ4v) is 2.17. The third-order valence-electron chi connectivity index (χ3n) is 2.92. The fourth-order valence-electron chi connectivity index (χ4n) is 2.17. The van der Waals surface area contributed by atoms with Gasteiger partial charge in [-0.25, -0.2) is 0 Å². The second kappa shape index (κ2) is 4.14. The Hall–Kier alpha value is -2.36. The maximum absolute atomic E-state index is 5.63. The SMILES string of the molecule is Cc1cc(Cn2ccc(N)n2)c2ccccc2n1. The summed E-state index contributed by atoms with van der Waals surface area (Å²) in [7, 11) is 0. The topological polar surface area (TPSA) is 56.7 Å². The van der Waals surface area contributed by atoms with Crippen molar-refractivity contribution in [1.82, 2.24) is 14.8 Å². The van der Waals surface area contributed by atoms with Crippen LogP contribution < -0.4 is 5.73 Å². The quantitative estimate of drug-likeness (QED) is 0.745. The van der Waals surface area contributed by atoms with Crippen LogP contribution in [0, 0.1) is 6.92 Å². The van der Waals surface area contributed by atoms with Crippen molar-refractivity contribution >= 4 is 16.7 Å². The van der Waals surface area contributed by atoms with Crippen LogP contribution in [0.2, 0.25) is 0 Å². The minimum absolute atomic E-state index is 0.546. The number of rotatable bonds is 2. The third-order valence-corrected chi connectivity index (χ3v) is 2.92. The number of para-hydroxylation sites is 1. The molecule has 0 radical (unpaired) electrons. The molecule has 18 heavy (non-hydrogen) atoms. The van der Waals surface area contributed by atoms with Gasteiger partial charge in [0.15, 0.2) is 0 Å². The molecule has 0 atom stereocenters. The van der Waals surface area contributed by atoms with E-state index >= 15 is 0 Å². The maximum Gasteiger partial charge on any atom is 0.145 e. The van der Waals surface area contributed by atoms with E-state index in [2.05, 4.69) is 22.2 Å². The number of fused-ring (bicyclic) bond motifs is 1. The number of aromatic nitrogens is 3. The van der Waals surface area contributed by atoms with E-state index in [9.17, 15) is 0 Å². The van der Waals surface area contributed by atoms with Crippen molar-refractivity contribution in [3.63, 3.8) is 0 Å². The maximum atomic E-state index is 5.63. The molecule has 0 bridgehead atoms. The van der Waals surface area contributed by atoms with Crippen LogP contribution >= 0.6 is 0 Å². The first-order valence-electron chi connectivity index (χ1n) is 5.86. The van der Waals surface area contributed by atoms with Gasteiger partial charge in [0.2, 0.25) is 0 Å². The summed E-state index contributed by atoms with van der Waals surface area (Å²) in [5.41, 5.74) is 8.88. The summed E-state index contributed by atoms with van der Waals surface area (Å²) < 4.78 is 1.84. The molecule has 0 amide bonds. The number of nitrogens with two attached hydrogens (primary N) is 1. The lowest BCUT2D eigenvalue weighted by Gasteiger charge is -2.08. The molecule has 0 aliphatic rings. The predicted molar refractivity (Wildman–Crippen MR) is 72.2 cm³/mol. The second-order valence-electron chi connectivity index (χ2n) is 4.38. The van der Waals surface area contributed by atoms with E-state index in [-0.39, 0.29) is 0 Å². The van der Waals surface area contributed by atoms with Crippen molar-refractivity contribution in [2.75, 3.05) is 5.73 Å². The Kier molecular flexibility index (Phi) is 2.48. The van der Waals surface area contributed by atoms with E-state index in [0.717, 1.165) is 16.6 Å². The van der Waals surface area contributed by atoms with Crippen LogP contribution in [0.3, 0.4) is 0 Å². The minimum atomic E-state index is 0.546. The van der Waals surface area contributed by atoms with Gasteiger partial charge in [-0.15, -0.1) is 0 Å². The highest BCUT2D eigenvalue weighted by Crippen LogP contribution is 2.19. The van der Waals surface area contributed by atoms with Crippen LogP contribution in [0.1, 0.15) is 11.3 Å². The minimum Gasteiger partial charge on any atom is -0.382 e. The molecule has 0 saturated heterocycles. The van der Waals surface area contributed by atoms with Gasteiger partial charge in [-0.3, -0.25) is 9.67 Å². The van der Waals surface area contributed by atoms with Crippen molar-refractivity contribution < 1.29 is 0 Å². The number of aryl methyl sites for hydroxylation is 1. The van der Waals surface area contributed by atoms with Crippen LogP contribution in [0.5, 0.6) is 0 Å². The highest BCUT2D eigenvalue weighted by molar-refractivity contribution is 5.82. The van der Waals surface area contributed by atoms with Crippen molar-refractivity contribution in [3.8, 4) is 0 Å². The van der Waals surface area contributed by atoms with E-state index in [1.165, 1.54) is 5.56 Å². The van der Waals surface area contributed by atoms with Gasteiger partial charge in [-0.1, -0.05) is 18.2 Å². The van der Waals surface area contributed by atoms with Gasteiger partial charge in [0.05, 0.1) is 12.1 Å². The average molecular weight is 238 g/mol. The molecular formula is C14H14N4. The molecule has 0 unspecified atom stereocenters. The van der Waals surface area contributed by atoms with Crippen molar-refractivity contribution in [2.45, 2.75) is 13.5 Å². The van der Waals surface area contributed by atoms with Crippen molar-refractivity contribution in [3.05, 3.63) is 53.9 Å². The first-order chi connectivity index (χ1) is 8.72. The predicted octanol–water partition coefficient (Wildman–Crippen LogP) is 2.37. The standard InChI is InChI=1S/C14H14N4/c1-10-8-11(9-18-7-6-14(15)17-18)12-4-2-3-5-13(12)16-10/h2-8H,9H2,1H3,(H2,15,17). The molecule has 4 nitrogen and oxygen atoms in total. The molecule has 0 saturated carbocycles. The summed E-state index contributed by atoms with van der Waals surface area (Å²) >= 11 is 0. The smallest absolute Gasteiger partial charge is 0.145 e. The summed E-state index contributed by atoms with van der Waals surface area (Å²) in [6, 6.07) is 12.1. The second-order valence-corrected chi connectivity index (χ2v) is 4.38.